The number of hydrogen-bond acceptors (Lipinski definition) is 2. The van der Waals surface area contributed by atoms with Crippen molar-refractivity contribution in [1.82, 2.24) is 0 Å². The fraction of sp³-hybridized carbons (Fsp3) is 0.667. The van der Waals surface area contributed by atoms with Gasteiger partial charge in [-0.15, -0.1) is 0 Å². The van der Waals surface area contributed by atoms with Crippen LogP contribution in [0.2, 0.25) is 0 Å². The van der Waals surface area contributed by atoms with Crippen molar-refractivity contribution in [2.75, 3.05) is 0 Å². The van der Waals surface area contributed by atoms with Crippen LogP contribution in [0.25, 0.3) is 0 Å². The van der Waals surface area contributed by atoms with E-state index < -0.39 is 0 Å². The zero-order chi connectivity index (χ0) is 17.1. The van der Waals surface area contributed by atoms with Gasteiger partial charge in [0, 0.05) is 16.6 Å². The van der Waals surface area contributed by atoms with Crippen molar-refractivity contribution in [2.24, 2.45) is 34.3 Å². The largest absolute Gasteiger partial charge is 0.366 e. The number of allylic oxidation sites excluding steroid dienone is 4. The second-order valence-electron chi connectivity index (χ2n) is 8.84. The first-order valence-corrected chi connectivity index (χ1v) is 9.35. The van der Waals surface area contributed by atoms with Crippen LogP contribution in [0.15, 0.2) is 28.9 Å². The van der Waals surface area contributed by atoms with Gasteiger partial charge in [0.05, 0.1) is 0 Å². The van der Waals surface area contributed by atoms with Crippen LogP contribution in [0.5, 0.6) is 0 Å². The lowest BCUT2D eigenvalue weighted by Crippen LogP contribution is -2.50. The normalized spacial score (nSPS) is 43.8. The minimum absolute atomic E-state index is 0.140. The van der Waals surface area contributed by atoms with Gasteiger partial charge in [-0.25, -0.2) is 4.79 Å². The van der Waals surface area contributed by atoms with E-state index in [-0.39, 0.29) is 11.3 Å². The molecule has 5 atom stereocenters. The van der Waals surface area contributed by atoms with E-state index in [9.17, 15) is 9.59 Å². The number of rotatable bonds is 1. The highest BCUT2D eigenvalue weighted by Gasteiger charge is 2.56. The minimum atomic E-state index is -0.263. The summed E-state index contributed by atoms with van der Waals surface area (Å²) < 4.78 is 0. The molecule has 0 radical (unpaired) electrons. The molecule has 0 aromatic carbocycles. The maximum atomic E-state index is 11.9. The van der Waals surface area contributed by atoms with E-state index in [4.69, 9.17) is 5.73 Å². The zero-order valence-corrected chi connectivity index (χ0v) is 14.7. The molecule has 1 amide bonds. The molecule has 3 saturated carbocycles. The van der Waals surface area contributed by atoms with Crippen molar-refractivity contribution >= 4 is 11.8 Å². The maximum absolute atomic E-state index is 11.9. The summed E-state index contributed by atoms with van der Waals surface area (Å²) in [7, 11) is 0. The quantitative estimate of drug-likeness (QED) is 0.747. The number of hydrogen-bond donors (Lipinski definition) is 1. The van der Waals surface area contributed by atoms with E-state index in [2.05, 4.69) is 25.9 Å². The lowest BCUT2D eigenvalue weighted by atomic mass is 9.46. The Bertz CT molecular complexity index is 711. The Morgan fingerprint density at radius 2 is 2.00 bits per heavy atom. The van der Waals surface area contributed by atoms with Gasteiger partial charge in [-0.1, -0.05) is 31.6 Å². The van der Waals surface area contributed by atoms with Crippen molar-refractivity contribution < 1.29 is 9.59 Å². The molecule has 0 bridgehead atoms. The molecule has 0 saturated heterocycles. The molecule has 1 unspecified atom stereocenters. The summed E-state index contributed by atoms with van der Waals surface area (Å²) in [6, 6.07) is 0. The average Bonchev–Trinajstić information content (AvgIpc) is 2.91. The van der Waals surface area contributed by atoms with E-state index in [1.165, 1.54) is 18.4 Å². The molecule has 4 aliphatic rings. The summed E-state index contributed by atoms with van der Waals surface area (Å²) in [5.74, 6) is 3.78. The fourth-order valence-electron chi connectivity index (χ4n) is 6.52. The molecule has 0 heterocycles. The van der Waals surface area contributed by atoms with Crippen molar-refractivity contribution in [3.63, 3.8) is 0 Å². The van der Waals surface area contributed by atoms with Gasteiger partial charge in [0.25, 0.3) is 0 Å². The van der Waals surface area contributed by atoms with Crippen LogP contribution in [0.4, 0.5) is 0 Å². The molecule has 128 valence electrons. The maximum Gasteiger partial charge on any atom is 0.245 e. The lowest BCUT2D eigenvalue weighted by Gasteiger charge is -2.58. The van der Waals surface area contributed by atoms with Crippen LogP contribution in [0, 0.1) is 28.6 Å². The highest BCUT2D eigenvalue weighted by molar-refractivity contribution is 5.95. The molecular formula is C21H27NO2. The molecular weight excluding hydrogens is 298 g/mol. The van der Waals surface area contributed by atoms with Crippen LogP contribution >= 0.6 is 0 Å². The smallest absolute Gasteiger partial charge is 0.245 e. The number of nitrogens with two attached hydrogens (primary N) is 1. The predicted octanol–water partition coefficient (Wildman–Crippen LogP) is 3.73. The van der Waals surface area contributed by atoms with Crippen LogP contribution in [0.3, 0.4) is 0 Å². The first-order valence-electron chi connectivity index (χ1n) is 9.35. The second-order valence-corrected chi connectivity index (χ2v) is 8.84. The number of amides is 1. The van der Waals surface area contributed by atoms with Gasteiger partial charge in [0.1, 0.15) is 5.94 Å². The van der Waals surface area contributed by atoms with Gasteiger partial charge in [-0.3, -0.25) is 4.79 Å². The molecule has 4 rings (SSSR count). The molecule has 24 heavy (non-hydrogen) atoms. The molecule has 2 N–H and O–H groups in total. The number of carbonyl (C=O) groups excluding carboxylic acids is 2. The van der Waals surface area contributed by atoms with Crippen LogP contribution in [-0.4, -0.2) is 11.8 Å². The molecule has 0 spiro atoms. The monoisotopic (exact) mass is 325 g/mol. The summed E-state index contributed by atoms with van der Waals surface area (Å²) in [4.78, 5) is 23.0. The summed E-state index contributed by atoms with van der Waals surface area (Å²) in [5, 5.41) is 0. The van der Waals surface area contributed by atoms with Crippen molar-refractivity contribution in [3.8, 4) is 0 Å². The summed E-state index contributed by atoms with van der Waals surface area (Å²) in [6.45, 7) is 4.66. The molecule has 4 aliphatic carbocycles. The summed E-state index contributed by atoms with van der Waals surface area (Å²) >= 11 is 0. The van der Waals surface area contributed by atoms with Gasteiger partial charge < -0.3 is 5.73 Å². The number of carbonyl (C=O) groups is 1. The van der Waals surface area contributed by atoms with Gasteiger partial charge in [-0.05, 0) is 68.1 Å². The topological polar surface area (TPSA) is 60.2 Å². The third-order valence-corrected chi connectivity index (χ3v) is 7.98. The summed E-state index contributed by atoms with van der Waals surface area (Å²) in [5.41, 5.74) is 9.07. The van der Waals surface area contributed by atoms with Crippen molar-refractivity contribution in [1.29, 1.82) is 0 Å². The van der Waals surface area contributed by atoms with Gasteiger partial charge in [0.2, 0.25) is 5.91 Å². The molecule has 0 aromatic rings. The first-order chi connectivity index (χ1) is 11.4. The van der Waals surface area contributed by atoms with Crippen molar-refractivity contribution in [3.05, 3.63) is 28.9 Å². The van der Waals surface area contributed by atoms with E-state index in [0.29, 0.717) is 23.2 Å². The highest BCUT2D eigenvalue weighted by Crippen LogP contribution is 2.65. The first kappa shape index (κ1) is 15.9. The highest BCUT2D eigenvalue weighted by atomic mass is 16.1. The number of fused-ring (bicyclic) bond motifs is 5. The molecule has 0 aliphatic heterocycles. The second kappa shape index (κ2) is 5.20. The Morgan fingerprint density at radius 1 is 1.21 bits per heavy atom. The molecule has 0 aromatic heterocycles. The standard InChI is InChI=1S/C21H27NO2/c1-20-9-7-13(12-23)11-14(20)3-4-15-16-5-6-18(19(22)24)21(16,2)10-8-17(15)20/h5-6,14-15,17H,3-4,7-11H2,1-2H3,(H2,22,24)/t14?,15-,17-,20-,21-/m0/s1. The van der Waals surface area contributed by atoms with E-state index >= 15 is 0 Å². The molecule has 3 heteroatoms. The van der Waals surface area contributed by atoms with Gasteiger partial charge >= 0.3 is 0 Å². The van der Waals surface area contributed by atoms with E-state index in [1.54, 1.807) is 0 Å². The predicted molar refractivity (Wildman–Crippen MR) is 93.6 cm³/mol. The van der Waals surface area contributed by atoms with Gasteiger partial charge in [-0.2, -0.15) is 0 Å². The Kier molecular flexibility index (Phi) is 3.44. The molecule has 3 nitrogen and oxygen atoms in total. The van der Waals surface area contributed by atoms with Gasteiger partial charge in [0.15, 0.2) is 0 Å². The van der Waals surface area contributed by atoms with E-state index in [1.807, 2.05) is 6.08 Å². The lowest BCUT2D eigenvalue weighted by molar-refractivity contribution is -0.115. The Labute approximate surface area is 144 Å². The third kappa shape index (κ3) is 1.97. The third-order valence-electron chi connectivity index (χ3n) is 7.98. The Hall–Kier alpha value is -1.60. The average molecular weight is 325 g/mol. The summed E-state index contributed by atoms with van der Waals surface area (Å²) in [6.07, 6.45) is 11.7. The Morgan fingerprint density at radius 3 is 2.71 bits per heavy atom. The Balaban J connectivity index is 1.65. The van der Waals surface area contributed by atoms with Crippen molar-refractivity contribution in [2.45, 2.75) is 58.8 Å². The van der Waals surface area contributed by atoms with Crippen LogP contribution in [0.1, 0.15) is 58.8 Å². The number of primary amides is 1. The zero-order valence-electron chi connectivity index (χ0n) is 14.7. The van der Waals surface area contributed by atoms with Crippen LogP contribution < -0.4 is 5.73 Å². The minimum Gasteiger partial charge on any atom is -0.366 e. The molecule has 3 fully saturated rings. The van der Waals surface area contributed by atoms with Crippen LogP contribution in [-0.2, 0) is 9.59 Å². The SMILES string of the molecule is C[C@]12CC[C@H]3[C@@H](CCC4CC(=C=O)CC[C@@]43C)C1=CC=C2C(N)=O. The van der Waals surface area contributed by atoms with E-state index in [0.717, 1.165) is 43.3 Å². The fourth-order valence-corrected chi connectivity index (χ4v) is 6.52.